The van der Waals surface area contributed by atoms with Crippen molar-refractivity contribution in [2.45, 2.75) is 59.4 Å². The first-order chi connectivity index (χ1) is 18.9. The predicted molar refractivity (Wildman–Crippen MR) is 162 cm³/mol. The van der Waals surface area contributed by atoms with E-state index in [0.29, 0.717) is 25.2 Å². The molecule has 216 valence electrons. The Morgan fingerprint density at radius 2 is 1.60 bits per heavy atom. The third-order valence-corrected chi connectivity index (χ3v) is 6.75. The van der Waals surface area contributed by atoms with E-state index in [-0.39, 0.29) is 11.5 Å². The van der Waals surface area contributed by atoms with E-state index in [1.807, 2.05) is 40.1 Å². The van der Waals surface area contributed by atoms with Crippen molar-refractivity contribution in [3.05, 3.63) is 93.4 Å². The van der Waals surface area contributed by atoms with E-state index in [1.165, 1.54) is 40.0 Å². The van der Waals surface area contributed by atoms with Crippen LogP contribution in [0.1, 0.15) is 55.0 Å². The molecule has 7 nitrogen and oxygen atoms in total. The van der Waals surface area contributed by atoms with Crippen molar-refractivity contribution >= 4 is 11.9 Å². The van der Waals surface area contributed by atoms with E-state index in [2.05, 4.69) is 59.9 Å². The summed E-state index contributed by atoms with van der Waals surface area (Å²) < 4.78 is 6.17. The number of pyridine rings is 1. The van der Waals surface area contributed by atoms with Crippen molar-refractivity contribution < 1.29 is 14.3 Å². The summed E-state index contributed by atoms with van der Waals surface area (Å²) in [5.41, 5.74) is 12.5. The summed E-state index contributed by atoms with van der Waals surface area (Å²) >= 11 is 0. The first-order valence-electron chi connectivity index (χ1n) is 13.8. The molecule has 1 unspecified atom stereocenters. The van der Waals surface area contributed by atoms with Gasteiger partial charge >= 0.3 is 5.97 Å². The van der Waals surface area contributed by atoms with Gasteiger partial charge in [0.25, 0.3) is 5.56 Å². The standard InChI is InChI=1S/C18H20O2.C15H25N3O2/c1-13-6-4-7-14(2)18(13)16-9-5-8-15(12-16)10-11-17(19)20-3;1-11(2)9-13(15(16)20)18-10-12(5-6-14(18)19)7-8-17(3)4/h4-9,12H,10-11H2,1-3H3;5-6,10-11,13H,7-9H2,1-4H3,(H2,16,20). The summed E-state index contributed by atoms with van der Waals surface area (Å²) in [6.07, 6.45) is 4.31. The molecule has 0 aliphatic heterocycles. The number of likely N-dealkylation sites (N-methyl/N-ethyl adjacent to an activating group) is 1. The van der Waals surface area contributed by atoms with Crippen molar-refractivity contribution in [3.8, 4) is 11.1 Å². The number of ether oxygens (including phenoxy) is 1. The third kappa shape index (κ3) is 10.1. The maximum atomic E-state index is 12.0. The Bertz CT molecular complexity index is 1310. The minimum atomic E-state index is -0.568. The van der Waals surface area contributed by atoms with Crippen molar-refractivity contribution in [1.29, 1.82) is 0 Å². The van der Waals surface area contributed by atoms with Crippen LogP contribution in [0, 0.1) is 19.8 Å². The van der Waals surface area contributed by atoms with E-state index in [1.54, 1.807) is 6.20 Å². The number of nitrogens with zero attached hydrogens (tertiary/aromatic N) is 2. The van der Waals surface area contributed by atoms with Gasteiger partial charge < -0.3 is 19.9 Å². The highest BCUT2D eigenvalue weighted by molar-refractivity contribution is 5.78. The lowest BCUT2D eigenvalue weighted by molar-refractivity contribution is -0.140. The number of hydrogen-bond donors (Lipinski definition) is 1. The number of rotatable bonds is 11. The second-order valence-corrected chi connectivity index (χ2v) is 10.9. The number of amides is 1. The molecule has 7 heteroatoms. The Morgan fingerprint density at radius 3 is 2.17 bits per heavy atom. The second kappa shape index (κ2) is 15.8. The van der Waals surface area contributed by atoms with Gasteiger partial charge in [0, 0.05) is 25.2 Å². The number of carbonyl (C=O) groups excluding carboxylic acids is 2. The van der Waals surface area contributed by atoms with Gasteiger partial charge in [-0.15, -0.1) is 0 Å². The number of nitrogens with two attached hydrogens (primary N) is 1. The normalized spacial score (nSPS) is 11.6. The summed E-state index contributed by atoms with van der Waals surface area (Å²) in [4.78, 5) is 36.9. The summed E-state index contributed by atoms with van der Waals surface area (Å²) in [6, 6.07) is 17.5. The van der Waals surface area contributed by atoms with Gasteiger partial charge in [-0.2, -0.15) is 0 Å². The molecule has 0 saturated carbocycles. The lowest BCUT2D eigenvalue weighted by Gasteiger charge is -2.19. The molecule has 0 bridgehead atoms. The van der Waals surface area contributed by atoms with Crippen LogP contribution in [-0.4, -0.2) is 49.1 Å². The van der Waals surface area contributed by atoms with Crippen LogP contribution in [0.4, 0.5) is 0 Å². The molecule has 1 heterocycles. The molecule has 0 aliphatic carbocycles. The lowest BCUT2D eigenvalue weighted by Crippen LogP contribution is -2.34. The van der Waals surface area contributed by atoms with Crippen LogP contribution in [0.15, 0.2) is 65.6 Å². The molecule has 2 N–H and O–H groups in total. The average molecular weight is 548 g/mol. The minimum Gasteiger partial charge on any atom is -0.469 e. The largest absolute Gasteiger partial charge is 0.469 e. The van der Waals surface area contributed by atoms with Crippen molar-refractivity contribution in [2.24, 2.45) is 11.7 Å². The highest BCUT2D eigenvalue weighted by atomic mass is 16.5. The molecule has 2 aromatic carbocycles. The highest BCUT2D eigenvalue weighted by Crippen LogP contribution is 2.28. The molecule has 3 aromatic rings. The Morgan fingerprint density at radius 1 is 0.950 bits per heavy atom. The van der Waals surface area contributed by atoms with Gasteiger partial charge in [-0.25, -0.2) is 0 Å². The first kappa shape index (κ1) is 32.5. The molecule has 0 fully saturated rings. The fourth-order valence-electron chi connectivity index (χ4n) is 4.61. The Hall–Kier alpha value is -3.71. The van der Waals surface area contributed by atoms with Gasteiger partial charge in [-0.05, 0) is 86.5 Å². The van der Waals surface area contributed by atoms with Crippen LogP contribution in [0.5, 0.6) is 0 Å². The Kier molecular flexibility index (Phi) is 12.8. The predicted octanol–water partition coefficient (Wildman–Crippen LogP) is 5.10. The van der Waals surface area contributed by atoms with Gasteiger partial charge in [0.1, 0.15) is 6.04 Å². The van der Waals surface area contributed by atoms with Gasteiger partial charge in [0.2, 0.25) is 5.91 Å². The summed E-state index contributed by atoms with van der Waals surface area (Å²) in [5, 5.41) is 0. The van der Waals surface area contributed by atoms with Crippen LogP contribution in [0.3, 0.4) is 0 Å². The average Bonchev–Trinajstić information content (AvgIpc) is 2.90. The quantitative estimate of drug-likeness (QED) is 0.337. The van der Waals surface area contributed by atoms with Crippen molar-refractivity contribution in [2.75, 3.05) is 27.7 Å². The molecular formula is C33H45N3O4. The van der Waals surface area contributed by atoms with Gasteiger partial charge in [0.15, 0.2) is 0 Å². The van der Waals surface area contributed by atoms with E-state index in [9.17, 15) is 14.4 Å². The van der Waals surface area contributed by atoms with Gasteiger partial charge in [-0.3, -0.25) is 14.4 Å². The fourth-order valence-corrected chi connectivity index (χ4v) is 4.61. The van der Waals surface area contributed by atoms with Crippen LogP contribution >= 0.6 is 0 Å². The second-order valence-electron chi connectivity index (χ2n) is 10.9. The van der Waals surface area contributed by atoms with Crippen LogP contribution in [0.25, 0.3) is 11.1 Å². The molecule has 1 amide bonds. The Labute approximate surface area is 239 Å². The van der Waals surface area contributed by atoms with Crippen LogP contribution in [-0.2, 0) is 27.2 Å². The van der Waals surface area contributed by atoms with Gasteiger partial charge in [-0.1, -0.05) is 62.4 Å². The summed E-state index contributed by atoms with van der Waals surface area (Å²) in [5.74, 6) is -0.321. The van der Waals surface area contributed by atoms with Gasteiger partial charge in [0.05, 0.1) is 7.11 Å². The third-order valence-electron chi connectivity index (χ3n) is 6.75. The molecule has 3 rings (SSSR count). The summed E-state index contributed by atoms with van der Waals surface area (Å²) in [7, 11) is 5.43. The molecule has 0 spiro atoms. The molecular weight excluding hydrogens is 502 g/mol. The maximum absolute atomic E-state index is 12.0. The highest BCUT2D eigenvalue weighted by Gasteiger charge is 2.20. The number of primary amides is 1. The molecule has 0 saturated heterocycles. The summed E-state index contributed by atoms with van der Waals surface area (Å²) in [6.45, 7) is 9.17. The Balaban J connectivity index is 0.000000280. The molecule has 1 aromatic heterocycles. The monoisotopic (exact) mass is 547 g/mol. The number of carbonyl (C=O) groups is 2. The number of benzene rings is 2. The molecule has 0 aliphatic rings. The van der Waals surface area contributed by atoms with E-state index >= 15 is 0 Å². The number of methoxy groups -OCH3 is 1. The first-order valence-corrected chi connectivity index (χ1v) is 13.8. The minimum absolute atomic E-state index is 0.164. The van der Waals surface area contributed by atoms with Crippen molar-refractivity contribution in [1.82, 2.24) is 9.47 Å². The van der Waals surface area contributed by atoms with Crippen molar-refractivity contribution in [3.63, 3.8) is 0 Å². The zero-order chi connectivity index (χ0) is 29.8. The number of esters is 1. The van der Waals surface area contributed by atoms with E-state index in [0.717, 1.165) is 24.1 Å². The number of aromatic nitrogens is 1. The van der Waals surface area contributed by atoms with Crippen LogP contribution < -0.4 is 11.3 Å². The number of hydrogen-bond acceptors (Lipinski definition) is 5. The fraction of sp³-hybridized carbons (Fsp3) is 0.424. The molecule has 1 atom stereocenters. The SMILES string of the molecule is CC(C)CC(C(N)=O)n1cc(CCN(C)C)ccc1=O.COC(=O)CCc1cccc(-c2c(C)cccc2C)c1. The molecule has 40 heavy (non-hydrogen) atoms. The topological polar surface area (TPSA) is 94.6 Å². The number of aryl methyl sites for hydroxylation is 3. The van der Waals surface area contributed by atoms with Crippen LogP contribution in [0.2, 0.25) is 0 Å². The van der Waals surface area contributed by atoms with E-state index in [4.69, 9.17) is 5.73 Å². The molecule has 0 radical (unpaired) electrons. The van der Waals surface area contributed by atoms with E-state index < -0.39 is 11.9 Å². The lowest BCUT2D eigenvalue weighted by atomic mass is 9.94. The smallest absolute Gasteiger partial charge is 0.305 e. The zero-order valence-electron chi connectivity index (χ0n) is 25.1. The maximum Gasteiger partial charge on any atom is 0.305 e. The zero-order valence-corrected chi connectivity index (χ0v) is 25.1.